The molecule has 7 heteroatoms. The van der Waals surface area contributed by atoms with Crippen LogP contribution in [0.4, 0.5) is 11.4 Å². The molecule has 0 aliphatic rings. The number of rotatable bonds is 5. The number of anilines is 1. The Morgan fingerprint density at radius 3 is 2.71 bits per heavy atom. The van der Waals surface area contributed by atoms with Crippen molar-refractivity contribution in [1.29, 1.82) is 0 Å². The van der Waals surface area contributed by atoms with Gasteiger partial charge in [0.05, 0.1) is 17.6 Å². The number of nitrogens with one attached hydrogen (secondary N) is 1. The van der Waals surface area contributed by atoms with Crippen molar-refractivity contribution >= 4 is 29.3 Å². The highest BCUT2D eigenvalue weighted by Crippen LogP contribution is 2.29. The number of methoxy groups -OCH3 is 1. The van der Waals surface area contributed by atoms with E-state index in [4.69, 9.17) is 0 Å². The number of hydrogen-bond donors (Lipinski definition) is 1. The van der Waals surface area contributed by atoms with E-state index in [2.05, 4.69) is 9.46 Å². The van der Waals surface area contributed by atoms with Crippen molar-refractivity contribution in [3.63, 3.8) is 0 Å². The van der Waals surface area contributed by atoms with E-state index in [1.165, 1.54) is 13.2 Å². The summed E-state index contributed by atoms with van der Waals surface area (Å²) in [5.41, 5.74) is 1.09. The van der Waals surface area contributed by atoms with Gasteiger partial charge in [0.1, 0.15) is 4.90 Å². The number of para-hydroxylation sites is 1. The molecule has 1 N–H and O–H groups in total. The van der Waals surface area contributed by atoms with Crippen LogP contribution < -0.4 is 4.72 Å². The lowest BCUT2D eigenvalue weighted by molar-refractivity contribution is -0.387. The number of esters is 1. The lowest BCUT2D eigenvalue weighted by atomic mass is 10.2. The number of carbonyl (C=O) groups excluding carboxylic acids is 1. The molecule has 2 rings (SSSR count). The van der Waals surface area contributed by atoms with Crippen LogP contribution in [-0.4, -0.2) is 18.0 Å². The van der Waals surface area contributed by atoms with Crippen LogP contribution in [0, 0.1) is 10.1 Å². The Morgan fingerprint density at radius 2 is 2.00 bits per heavy atom. The molecule has 0 saturated carbocycles. The molecular formula is C14H12N2O4S. The molecule has 0 unspecified atom stereocenters. The van der Waals surface area contributed by atoms with E-state index in [9.17, 15) is 14.9 Å². The number of carbonyl (C=O) groups is 1. The van der Waals surface area contributed by atoms with Crippen molar-refractivity contribution in [3.8, 4) is 0 Å². The van der Waals surface area contributed by atoms with E-state index in [1.54, 1.807) is 42.5 Å². The Bertz CT molecular complexity index is 676. The van der Waals surface area contributed by atoms with E-state index in [-0.39, 0.29) is 5.69 Å². The third-order valence-corrected chi connectivity index (χ3v) is 3.53. The lowest BCUT2D eigenvalue weighted by Crippen LogP contribution is -2.01. The molecule has 108 valence electrons. The van der Waals surface area contributed by atoms with Crippen LogP contribution in [0.1, 0.15) is 10.4 Å². The molecule has 0 heterocycles. The minimum absolute atomic E-state index is 0.0270. The van der Waals surface area contributed by atoms with Gasteiger partial charge in [-0.2, -0.15) is 0 Å². The van der Waals surface area contributed by atoms with Gasteiger partial charge in [-0.1, -0.05) is 18.2 Å². The Kier molecular flexibility index (Phi) is 4.78. The largest absolute Gasteiger partial charge is 0.465 e. The summed E-state index contributed by atoms with van der Waals surface area (Å²) in [6.07, 6.45) is 0. The zero-order chi connectivity index (χ0) is 15.2. The normalized spacial score (nSPS) is 9.95. The van der Waals surface area contributed by atoms with Crippen molar-refractivity contribution in [3.05, 3.63) is 64.2 Å². The summed E-state index contributed by atoms with van der Waals surface area (Å²) in [4.78, 5) is 22.4. The van der Waals surface area contributed by atoms with Gasteiger partial charge in [0.2, 0.25) is 0 Å². The second-order valence-corrected chi connectivity index (χ2v) is 4.85. The van der Waals surface area contributed by atoms with E-state index in [0.29, 0.717) is 16.1 Å². The molecule has 0 amide bonds. The van der Waals surface area contributed by atoms with Crippen LogP contribution in [0.3, 0.4) is 0 Å². The second-order valence-electron chi connectivity index (χ2n) is 4.00. The van der Waals surface area contributed by atoms with E-state index >= 15 is 0 Å². The summed E-state index contributed by atoms with van der Waals surface area (Å²) in [6, 6.07) is 13.1. The number of nitro groups is 1. The zero-order valence-corrected chi connectivity index (χ0v) is 11.9. The third-order valence-electron chi connectivity index (χ3n) is 2.62. The summed E-state index contributed by atoms with van der Waals surface area (Å²) in [5, 5.41) is 10.9. The van der Waals surface area contributed by atoms with Gasteiger partial charge in [0.25, 0.3) is 5.69 Å². The van der Waals surface area contributed by atoms with Gasteiger partial charge in [0, 0.05) is 11.8 Å². The molecule has 6 nitrogen and oxygen atoms in total. The average Bonchev–Trinajstić information content (AvgIpc) is 2.52. The highest BCUT2D eigenvalue weighted by Gasteiger charge is 2.13. The van der Waals surface area contributed by atoms with Gasteiger partial charge in [-0.05, 0) is 36.2 Å². The van der Waals surface area contributed by atoms with Crippen LogP contribution in [0.25, 0.3) is 0 Å². The number of ether oxygens (including phenoxy) is 1. The van der Waals surface area contributed by atoms with Gasteiger partial charge < -0.3 is 9.46 Å². The summed E-state index contributed by atoms with van der Waals surface area (Å²) in [5.74, 6) is -0.436. The zero-order valence-electron chi connectivity index (χ0n) is 11.1. The van der Waals surface area contributed by atoms with Gasteiger partial charge in [-0.25, -0.2) is 4.79 Å². The maximum absolute atomic E-state index is 11.4. The number of hydrogen-bond acceptors (Lipinski definition) is 6. The maximum atomic E-state index is 11.4. The number of benzene rings is 2. The van der Waals surface area contributed by atoms with E-state index in [1.807, 2.05) is 0 Å². The molecule has 0 aliphatic heterocycles. The van der Waals surface area contributed by atoms with Crippen LogP contribution in [0.5, 0.6) is 0 Å². The topological polar surface area (TPSA) is 81.5 Å². The SMILES string of the molecule is COC(=O)c1cccc(NSc2ccccc2[N+](=O)[O-])c1. The summed E-state index contributed by atoms with van der Waals surface area (Å²) in [7, 11) is 1.31. The molecule has 0 radical (unpaired) electrons. The van der Waals surface area contributed by atoms with Crippen molar-refractivity contribution in [2.24, 2.45) is 0 Å². The van der Waals surface area contributed by atoms with Crippen molar-refractivity contribution in [2.45, 2.75) is 4.90 Å². The molecule has 2 aromatic rings. The van der Waals surface area contributed by atoms with Crippen LogP contribution in [0.15, 0.2) is 53.4 Å². The first-order valence-electron chi connectivity index (χ1n) is 5.96. The molecule has 0 fully saturated rings. The molecule has 0 atom stereocenters. The first-order chi connectivity index (χ1) is 10.1. The molecule has 21 heavy (non-hydrogen) atoms. The first kappa shape index (κ1) is 14.9. The van der Waals surface area contributed by atoms with Crippen molar-refractivity contribution in [1.82, 2.24) is 0 Å². The fourth-order valence-electron chi connectivity index (χ4n) is 1.64. The summed E-state index contributed by atoms with van der Waals surface area (Å²) in [6.45, 7) is 0. The van der Waals surface area contributed by atoms with E-state index < -0.39 is 10.9 Å². The second kappa shape index (κ2) is 6.76. The Morgan fingerprint density at radius 1 is 1.24 bits per heavy atom. The van der Waals surface area contributed by atoms with Crippen LogP contribution in [0.2, 0.25) is 0 Å². The summed E-state index contributed by atoms with van der Waals surface area (Å²) >= 11 is 1.11. The van der Waals surface area contributed by atoms with Crippen molar-refractivity contribution < 1.29 is 14.5 Å². The molecule has 0 aliphatic carbocycles. The monoisotopic (exact) mass is 304 g/mol. The van der Waals surface area contributed by atoms with Gasteiger partial charge in [0.15, 0.2) is 0 Å². The third kappa shape index (κ3) is 3.73. The number of nitrogens with zero attached hydrogens (tertiary/aromatic N) is 1. The van der Waals surface area contributed by atoms with Crippen LogP contribution >= 0.6 is 11.9 Å². The molecule has 2 aromatic carbocycles. The molecule has 0 saturated heterocycles. The predicted octanol–water partition coefficient (Wildman–Crippen LogP) is 3.50. The van der Waals surface area contributed by atoms with E-state index in [0.717, 1.165) is 11.9 Å². The Labute approximate surface area is 125 Å². The van der Waals surface area contributed by atoms with Gasteiger partial charge in [-0.3, -0.25) is 10.1 Å². The lowest BCUT2D eigenvalue weighted by Gasteiger charge is -2.07. The Hall–Kier alpha value is -2.54. The quantitative estimate of drug-likeness (QED) is 0.394. The minimum atomic E-state index is -0.436. The first-order valence-corrected chi connectivity index (χ1v) is 6.78. The Balaban J connectivity index is 2.14. The molecular weight excluding hydrogens is 292 g/mol. The number of nitro benzene ring substituents is 1. The highest BCUT2D eigenvalue weighted by molar-refractivity contribution is 8.00. The fraction of sp³-hybridized carbons (Fsp3) is 0.0714. The van der Waals surface area contributed by atoms with Crippen molar-refractivity contribution in [2.75, 3.05) is 11.8 Å². The minimum Gasteiger partial charge on any atom is -0.465 e. The predicted molar refractivity (Wildman–Crippen MR) is 80.4 cm³/mol. The molecule has 0 aromatic heterocycles. The molecule has 0 spiro atoms. The van der Waals surface area contributed by atoms with Gasteiger partial charge in [-0.15, -0.1) is 0 Å². The van der Waals surface area contributed by atoms with Crippen LogP contribution in [-0.2, 0) is 4.74 Å². The molecule has 0 bridgehead atoms. The average molecular weight is 304 g/mol. The van der Waals surface area contributed by atoms with Gasteiger partial charge >= 0.3 is 5.97 Å². The fourth-order valence-corrected chi connectivity index (χ4v) is 2.38. The smallest absolute Gasteiger partial charge is 0.337 e. The maximum Gasteiger partial charge on any atom is 0.337 e. The highest BCUT2D eigenvalue weighted by atomic mass is 32.2. The standard InChI is InChI=1S/C14H12N2O4S/c1-20-14(17)10-5-4-6-11(9-10)15-21-13-8-3-2-7-12(13)16(18)19/h2-9,15H,1H3. The summed E-state index contributed by atoms with van der Waals surface area (Å²) < 4.78 is 7.62.